The molecule has 0 aromatic carbocycles. The third-order valence-electron chi connectivity index (χ3n) is 3.91. The van der Waals surface area contributed by atoms with Gasteiger partial charge in [-0.1, -0.05) is 31.8 Å². The highest BCUT2D eigenvalue weighted by Crippen LogP contribution is 2.34. The smallest absolute Gasteiger partial charge is 0.335 e. The van der Waals surface area contributed by atoms with E-state index in [9.17, 15) is 4.79 Å². The molecule has 0 saturated heterocycles. The summed E-state index contributed by atoms with van der Waals surface area (Å²) in [5, 5.41) is 1.15. The maximum absolute atomic E-state index is 12.0. The maximum atomic E-state index is 12.0. The molecule has 0 fully saturated rings. The summed E-state index contributed by atoms with van der Waals surface area (Å²) in [6, 6.07) is 1.66. The normalized spacial score (nSPS) is 21.4. The van der Waals surface area contributed by atoms with Gasteiger partial charge in [-0.2, -0.15) is 0 Å². The molecule has 1 aliphatic rings. The van der Waals surface area contributed by atoms with Gasteiger partial charge in [0.05, 0.1) is 21.3 Å². The highest BCUT2D eigenvalue weighted by atomic mass is 28.3. The van der Waals surface area contributed by atoms with Gasteiger partial charge in [-0.3, -0.25) is 0 Å². The van der Waals surface area contributed by atoms with Gasteiger partial charge < -0.3 is 13.9 Å². The van der Waals surface area contributed by atoms with E-state index >= 15 is 0 Å². The average Bonchev–Trinajstić information content (AvgIpc) is 2.40. The number of rotatable bonds is 5. The summed E-state index contributed by atoms with van der Waals surface area (Å²) in [6.07, 6.45) is 4.24. The summed E-state index contributed by atoms with van der Waals surface area (Å²) in [7, 11) is 1.73. The van der Waals surface area contributed by atoms with Gasteiger partial charge in [0.2, 0.25) is 0 Å². The van der Waals surface area contributed by atoms with Crippen molar-refractivity contribution in [1.29, 1.82) is 0 Å². The van der Waals surface area contributed by atoms with Crippen molar-refractivity contribution < 1.29 is 13.9 Å². The van der Waals surface area contributed by atoms with Gasteiger partial charge in [0.1, 0.15) is 5.76 Å². The first-order valence-corrected chi connectivity index (χ1v) is 10.7. The minimum Gasteiger partial charge on any atom is -0.427 e. The van der Waals surface area contributed by atoms with Crippen molar-refractivity contribution in [3.63, 3.8) is 0 Å². The molecule has 1 aromatic rings. The number of hydrogen-bond acceptors (Lipinski definition) is 4. The number of hydrogen-bond donors (Lipinski definition) is 0. The van der Waals surface area contributed by atoms with Crippen LogP contribution in [0.25, 0.3) is 6.08 Å². The third-order valence-corrected chi connectivity index (χ3v) is 5.94. The SMILES string of the molecule is COC[C@@H]1C=Cc2c([Si](C)(C)C)cc(=O)oc2[C@@H]1COC. The fourth-order valence-corrected chi connectivity index (χ4v) is 4.45. The molecule has 2 atom stereocenters. The molecule has 116 valence electrons. The fraction of sp³-hybridized carbons (Fsp3) is 0.562. The van der Waals surface area contributed by atoms with E-state index in [4.69, 9.17) is 13.9 Å². The monoisotopic (exact) mass is 308 g/mol. The standard InChI is InChI=1S/C16H24O4Si/c1-18-9-11-6-7-12-14(21(3,4)5)8-15(17)20-16(12)13(11)10-19-2/h6-8,11,13H,9-10H2,1-5H3/t11-,13+/m0/s1. The molecule has 0 N–H and O–H groups in total. The van der Waals surface area contributed by atoms with Gasteiger partial charge >= 0.3 is 5.63 Å². The van der Waals surface area contributed by atoms with Gasteiger partial charge in [-0.05, 0) is 5.19 Å². The molecule has 1 aliphatic carbocycles. The van der Waals surface area contributed by atoms with E-state index in [2.05, 4.69) is 31.8 Å². The van der Waals surface area contributed by atoms with Crippen LogP contribution >= 0.6 is 0 Å². The van der Waals surface area contributed by atoms with Crippen LogP contribution in [0.4, 0.5) is 0 Å². The van der Waals surface area contributed by atoms with E-state index in [1.54, 1.807) is 20.3 Å². The Hall–Kier alpha value is -1.17. The quantitative estimate of drug-likeness (QED) is 0.783. The van der Waals surface area contributed by atoms with Crippen LogP contribution in [0.5, 0.6) is 0 Å². The molecule has 21 heavy (non-hydrogen) atoms. The van der Waals surface area contributed by atoms with Gasteiger partial charge in [0.25, 0.3) is 0 Å². The zero-order valence-electron chi connectivity index (χ0n) is 13.4. The van der Waals surface area contributed by atoms with Crippen LogP contribution < -0.4 is 10.8 Å². The summed E-state index contributed by atoms with van der Waals surface area (Å²) in [4.78, 5) is 12.0. The molecule has 2 rings (SSSR count). The predicted octanol–water partition coefficient (Wildman–Crippen LogP) is 2.20. The summed E-state index contributed by atoms with van der Waals surface area (Å²) in [6.45, 7) is 7.82. The van der Waals surface area contributed by atoms with Crippen molar-refractivity contribution in [3.8, 4) is 0 Å². The summed E-state index contributed by atoms with van der Waals surface area (Å²) < 4.78 is 16.2. The molecule has 0 radical (unpaired) electrons. The lowest BCUT2D eigenvalue weighted by atomic mass is 9.84. The second kappa shape index (κ2) is 6.30. The Balaban J connectivity index is 2.58. The number of fused-ring (bicyclic) bond motifs is 1. The van der Waals surface area contributed by atoms with Crippen molar-refractivity contribution in [2.45, 2.75) is 25.6 Å². The Morgan fingerprint density at radius 2 is 1.86 bits per heavy atom. The third kappa shape index (κ3) is 3.36. The Bertz CT molecular complexity index is 583. The lowest BCUT2D eigenvalue weighted by Crippen LogP contribution is -2.43. The highest BCUT2D eigenvalue weighted by Gasteiger charge is 2.33. The second-order valence-corrected chi connectivity index (χ2v) is 11.6. The van der Waals surface area contributed by atoms with E-state index < -0.39 is 8.07 Å². The van der Waals surface area contributed by atoms with Crippen LogP contribution in [0.1, 0.15) is 17.2 Å². The lowest BCUT2D eigenvalue weighted by Gasteiger charge is -2.30. The van der Waals surface area contributed by atoms with Gasteiger partial charge in [-0.15, -0.1) is 0 Å². The summed E-state index contributed by atoms with van der Waals surface area (Å²) >= 11 is 0. The number of ether oxygens (including phenoxy) is 2. The minimum absolute atomic E-state index is 0.0268. The zero-order chi connectivity index (χ0) is 15.6. The van der Waals surface area contributed by atoms with E-state index in [1.165, 1.54) is 0 Å². The number of methoxy groups -OCH3 is 2. The zero-order valence-corrected chi connectivity index (χ0v) is 14.4. The molecule has 0 saturated carbocycles. The average molecular weight is 308 g/mol. The highest BCUT2D eigenvalue weighted by molar-refractivity contribution is 6.89. The van der Waals surface area contributed by atoms with Crippen LogP contribution in [0.3, 0.4) is 0 Å². The Labute approximate surface area is 126 Å². The molecular formula is C16H24O4Si. The molecule has 0 amide bonds. The largest absolute Gasteiger partial charge is 0.427 e. The maximum Gasteiger partial charge on any atom is 0.335 e. The predicted molar refractivity (Wildman–Crippen MR) is 87.0 cm³/mol. The molecule has 0 spiro atoms. The van der Waals surface area contributed by atoms with Crippen molar-refractivity contribution in [2.24, 2.45) is 5.92 Å². The van der Waals surface area contributed by atoms with Gasteiger partial charge in [0.15, 0.2) is 0 Å². The van der Waals surface area contributed by atoms with Gasteiger partial charge in [0, 0.05) is 37.7 Å². The Morgan fingerprint density at radius 1 is 1.19 bits per heavy atom. The molecule has 0 unspecified atom stereocenters. The summed E-state index contributed by atoms with van der Waals surface area (Å²) in [5.41, 5.74) is 0.807. The van der Waals surface area contributed by atoms with E-state index in [0.717, 1.165) is 16.5 Å². The Kier molecular flexibility index (Phi) is 4.86. The topological polar surface area (TPSA) is 48.7 Å². The second-order valence-electron chi connectivity index (χ2n) is 6.55. The summed E-state index contributed by atoms with van der Waals surface area (Å²) in [5.74, 6) is 0.952. The molecule has 4 nitrogen and oxygen atoms in total. The van der Waals surface area contributed by atoms with Crippen LogP contribution in [0.15, 0.2) is 21.4 Å². The minimum atomic E-state index is -1.62. The lowest BCUT2D eigenvalue weighted by molar-refractivity contribution is 0.107. The van der Waals surface area contributed by atoms with Crippen LogP contribution in [-0.2, 0) is 9.47 Å². The van der Waals surface area contributed by atoms with Crippen molar-refractivity contribution in [1.82, 2.24) is 0 Å². The molecule has 1 heterocycles. The van der Waals surface area contributed by atoms with Crippen LogP contribution in [0, 0.1) is 5.92 Å². The van der Waals surface area contributed by atoms with Crippen LogP contribution in [-0.4, -0.2) is 35.5 Å². The fourth-order valence-electron chi connectivity index (χ4n) is 2.88. The molecule has 5 heteroatoms. The van der Waals surface area contributed by atoms with Crippen molar-refractivity contribution in [2.75, 3.05) is 27.4 Å². The molecule has 0 bridgehead atoms. The molecule has 1 aromatic heterocycles. The van der Waals surface area contributed by atoms with E-state index in [-0.39, 0.29) is 17.5 Å². The van der Waals surface area contributed by atoms with Crippen molar-refractivity contribution in [3.05, 3.63) is 33.9 Å². The van der Waals surface area contributed by atoms with Crippen LogP contribution in [0.2, 0.25) is 19.6 Å². The molecule has 0 aliphatic heterocycles. The van der Waals surface area contributed by atoms with E-state index in [1.807, 2.05) is 0 Å². The van der Waals surface area contributed by atoms with E-state index in [0.29, 0.717) is 13.2 Å². The van der Waals surface area contributed by atoms with Gasteiger partial charge in [-0.25, -0.2) is 4.79 Å². The van der Waals surface area contributed by atoms with Crippen molar-refractivity contribution >= 4 is 19.3 Å². The first-order chi connectivity index (χ1) is 9.88. The first-order valence-electron chi connectivity index (χ1n) is 7.23. The molecular weight excluding hydrogens is 284 g/mol. The Morgan fingerprint density at radius 3 is 2.43 bits per heavy atom. The first kappa shape index (κ1) is 16.2.